The van der Waals surface area contributed by atoms with Crippen LogP contribution in [0, 0.1) is 0 Å². The molecule has 0 aliphatic carbocycles. The molecule has 0 fully saturated rings. The number of halogens is 7. The Morgan fingerprint density at radius 3 is 1.75 bits per heavy atom. The van der Waals surface area contributed by atoms with Gasteiger partial charge in [0.15, 0.2) is 6.10 Å². The smallest absolute Gasteiger partial charge is 0.459 e. The fourth-order valence-electron chi connectivity index (χ4n) is 2.08. The first-order valence-electron chi connectivity index (χ1n) is 7.39. The normalized spacial score (nSPS) is 16.3. The van der Waals surface area contributed by atoms with Crippen molar-refractivity contribution in [1.29, 1.82) is 0 Å². The van der Waals surface area contributed by atoms with Crippen LogP contribution in [0.25, 0.3) is 0 Å². The van der Waals surface area contributed by atoms with Gasteiger partial charge in [-0.2, -0.15) is 30.7 Å². The lowest BCUT2D eigenvalue weighted by Crippen LogP contribution is -2.55. The molecule has 12 heteroatoms. The van der Waals surface area contributed by atoms with E-state index in [0.717, 1.165) is 24.3 Å². The molecule has 0 spiro atoms. The van der Waals surface area contributed by atoms with Crippen molar-refractivity contribution in [2.24, 2.45) is 0 Å². The third-order valence-corrected chi connectivity index (χ3v) is 4.30. The second kappa shape index (κ2) is 7.73. The molecule has 0 aromatic heterocycles. The summed E-state index contributed by atoms with van der Waals surface area (Å²) in [7, 11) is -5.78. The molecule has 0 radical (unpaired) electrons. The fourth-order valence-corrected chi connectivity index (χ4v) is 3.01. The minimum Gasteiger partial charge on any atom is -0.746 e. The first-order chi connectivity index (χ1) is 12.8. The SMILES string of the molecule is O=P([O-])(Oc1ccccc1)O[C@@H](c1ccccc1)C(F)(F)C(F)(F)C(F)(F)F. The van der Waals surface area contributed by atoms with Crippen molar-refractivity contribution >= 4 is 7.82 Å². The Morgan fingerprint density at radius 2 is 1.29 bits per heavy atom. The lowest BCUT2D eigenvalue weighted by atomic mass is 9.98. The predicted molar refractivity (Wildman–Crippen MR) is 80.9 cm³/mol. The van der Waals surface area contributed by atoms with E-state index in [2.05, 4.69) is 9.05 Å². The summed E-state index contributed by atoms with van der Waals surface area (Å²) in [5.41, 5.74) is -0.927. The van der Waals surface area contributed by atoms with Gasteiger partial charge in [0.2, 0.25) is 0 Å². The number of phosphoric ester groups is 1. The molecule has 0 amide bonds. The Bertz CT molecular complexity index is 828. The number of para-hydroxylation sites is 1. The zero-order chi connectivity index (χ0) is 21.2. The molecule has 2 atom stereocenters. The fraction of sp³-hybridized carbons (Fsp3) is 0.250. The Hall–Kier alpha value is -2.10. The molecular formula is C16H11F7O4P-. The van der Waals surface area contributed by atoms with E-state index >= 15 is 0 Å². The first kappa shape index (κ1) is 22.2. The minimum atomic E-state index is -6.67. The van der Waals surface area contributed by atoms with Crippen LogP contribution in [0.5, 0.6) is 5.75 Å². The average Bonchev–Trinajstić information content (AvgIpc) is 2.60. The van der Waals surface area contributed by atoms with Crippen LogP contribution < -0.4 is 9.42 Å². The Morgan fingerprint density at radius 1 is 0.821 bits per heavy atom. The van der Waals surface area contributed by atoms with Gasteiger partial charge >= 0.3 is 25.8 Å². The van der Waals surface area contributed by atoms with Crippen LogP contribution in [0.1, 0.15) is 11.7 Å². The van der Waals surface area contributed by atoms with Crippen molar-refractivity contribution in [2.75, 3.05) is 0 Å². The highest BCUT2D eigenvalue weighted by atomic mass is 31.2. The molecule has 0 saturated carbocycles. The van der Waals surface area contributed by atoms with E-state index in [4.69, 9.17) is 0 Å². The number of phosphoric acid groups is 1. The maximum absolute atomic E-state index is 14.2. The summed E-state index contributed by atoms with van der Waals surface area (Å²) in [4.78, 5) is 11.9. The number of benzene rings is 2. The summed E-state index contributed by atoms with van der Waals surface area (Å²) in [6.45, 7) is 0. The first-order valence-corrected chi connectivity index (χ1v) is 8.85. The van der Waals surface area contributed by atoms with E-state index in [1.807, 2.05) is 0 Å². The summed E-state index contributed by atoms with van der Waals surface area (Å²) in [6, 6.07) is 10.9. The van der Waals surface area contributed by atoms with Crippen LogP contribution in [-0.4, -0.2) is 18.0 Å². The molecule has 2 rings (SSSR count). The zero-order valence-corrected chi connectivity index (χ0v) is 14.5. The van der Waals surface area contributed by atoms with Gasteiger partial charge in [-0.25, -0.2) is 0 Å². The van der Waals surface area contributed by atoms with Crippen LogP contribution in [0.15, 0.2) is 60.7 Å². The molecule has 1 unspecified atom stereocenters. The molecule has 0 aliphatic rings. The largest absolute Gasteiger partial charge is 0.746 e. The van der Waals surface area contributed by atoms with Gasteiger partial charge in [-0.3, -0.25) is 9.09 Å². The van der Waals surface area contributed by atoms with E-state index < -0.39 is 43.3 Å². The standard InChI is InChI=1S/C16H12F7O4P/c17-14(18,15(19,20)16(21,22)23)13(11-7-3-1-4-8-11)27-28(24,25)26-12-9-5-2-6-10-12/h1-10,13H,(H,24,25)/p-1/t13-/m0/s1. The average molecular weight is 431 g/mol. The second-order valence-electron chi connectivity index (χ2n) is 5.44. The highest BCUT2D eigenvalue weighted by Crippen LogP contribution is 2.57. The van der Waals surface area contributed by atoms with Crippen LogP contribution in [0.2, 0.25) is 0 Å². The zero-order valence-electron chi connectivity index (χ0n) is 13.6. The summed E-state index contributed by atoms with van der Waals surface area (Å²) >= 11 is 0. The van der Waals surface area contributed by atoms with E-state index in [-0.39, 0.29) is 0 Å². The number of rotatable bonds is 7. The van der Waals surface area contributed by atoms with E-state index in [1.54, 1.807) is 0 Å². The van der Waals surface area contributed by atoms with Gasteiger partial charge in [0.1, 0.15) is 5.75 Å². The molecule has 0 heterocycles. The van der Waals surface area contributed by atoms with Crippen LogP contribution in [-0.2, 0) is 9.09 Å². The van der Waals surface area contributed by atoms with Gasteiger partial charge in [-0.15, -0.1) is 0 Å². The summed E-state index contributed by atoms with van der Waals surface area (Å²) in [5, 5.41) is 0. The topological polar surface area (TPSA) is 58.6 Å². The maximum Gasteiger partial charge on any atom is 0.459 e. The van der Waals surface area contributed by atoms with Gasteiger partial charge in [-0.05, 0) is 17.7 Å². The number of hydrogen-bond acceptors (Lipinski definition) is 4. The summed E-state index contributed by atoms with van der Waals surface area (Å²) in [6.07, 6.45) is -10.2. The third kappa shape index (κ3) is 4.65. The van der Waals surface area contributed by atoms with Crippen molar-refractivity contribution < 1.29 is 49.2 Å². The summed E-state index contributed by atoms with van der Waals surface area (Å²) in [5.74, 6) is -13.0. The molecule has 2 aromatic rings. The van der Waals surface area contributed by atoms with Gasteiger partial charge in [0.05, 0.1) is 0 Å². The molecule has 0 N–H and O–H groups in total. The van der Waals surface area contributed by atoms with Crippen molar-refractivity contribution in [3.63, 3.8) is 0 Å². The monoisotopic (exact) mass is 431 g/mol. The maximum atomic E-state index is 14.2. The Kier molecular flexibility index (Phi) is 6.13. The summed E-state index contributed by atoms with van der Waals surface area (Å²) < 4.78 is 113. The molecule has 0 saturated heterocycles. The molecule has 154 valence electrons. The molecular weight excluding hydrogens is 420 g/mol. The second-order valence-corrected chi connectivity index (χ2v) is 6.73. The van der Waals surface area contributed by atoms with Crippen molar-refractivity contribution in [1.82, 2.24) is 0 Å². The van der Waals surface area contributed by atoms with Crippen LogP contribution >= 0.6 is 7.82 Å². The van der Waals surface area contributed by atoms with Crippen molar-refractivity contribution in [3.8, 4) is 5.75 Å². The molecule has 28 heavy (non-hydrogen) atoms. The van der Waals surface area contributed by atoms with Gasteiger partial charge < -0.3 is 9.42 Å². The molecule has 4 nitrogen and oxygen atoms in total. The van der Waals surface area contributed by atoms with Gasteiger partial charge in [-0.1, -0.05) is 48.5 Å². The Balaban J connectivity index is 2.45. The van der Waals surface area contributed by atoms with E-state index in [1.165, 1.54) is 24.3 Å². The highest BCUT2D eigenvalue weighted by Gasteiger charge is 2.76. The lowest BCUT2D eigenvalue weighted by Gasteiger charge is -2.36. The Labute approximate surface area is 154 Å². The van der Waals surface area contributed by atoms with Crippen molar-refractivity contribution in [2.45, 2.75) is 24.1 Å². The molecule has 0 bridgehead atoms. The molecule has 0 aliphatic heterocycles. The number of alkyl halides is 7. The van der Waals surface area contributed by atoms with Gasteiger partial charge in [0, 0.05) is 0 Å². The van der Waals surface area contributed by atoms with E-state index in [0.29, 0.717) is 12.1 Å². The third-order valence-electron chi connectivity index (χ3n) is 3.40. The van der Waals surface area contributed by atoms with E-state index in [9.17, 15) is 40.2 Å². The predicted octanol–water partition coefficient (Wildman–Crippen LogP) is 5.12. The van der Waals surface area contributed by atoms with Crippen LogP contribution in [0.4, 0.5) is 30.7 Å². The highest BCUT2D eigenvalue weighted by molar-refractivity contribution is 7.46. The van der Waals surface area contributed by atoms with Gasteiger partial charge in [0.25, 0.3) is 0 Å². The molecule has 2 aromatic carbocycles. The number of hydrogen-bond donors (Lipinski definition) is 0. The van der Waals surface area contributed by atoms with Crippen LogP contribution in [0.3, 0.4) is 0 Å². The lowest BCUT2D eigenvalue weighted by molar-refractivity contribution is -0.373. The minimum absolute atomic E-state index is 0.418. The van der Waals surface area contributed by atoms with Crippen molar-refractivity contribution in [3.05, 3.63) is 66.2 Å². The quantitative estimate of drug-likeness (QED) is 0.451.